The second-order valence-electron chi connectivity index (χ2n) is 5.13. The van der Waals surface area contributed by atoms with Gasteiger partial charge in [0.2, 0.25) is 0 Å². The summed E-state index contributed by atoms with van der Waals surface area (Å²) in [6.45, 7) is 7.69. The Morgan fingerprint density at radius 2 is 2.22 bits per heavy atom. The van der Waals surface area contributed by atoms with Crippen LogP contribution in [0.25, 0.3) is 0 Å². The van der Waals surface area contributed by atoms with Crippen LogP contribution in [0.15, 0.2) is 10.7 Å². The fraction of sp³-hybridized carbons (Fsp3) is 0.769. The van der Waals surface area contributed by atoms with E-state index in [2.05, 4.69) is 29.0 Å². The average molecular weight is 255 g/mol. The molecule has 0 aliphatic carbocycles. The summed E-state index contributed by atoms with van der Waals surface area (Å²) >= 11 is 0. The third-order valence-electron chi connectivity index (χ3n) is 2.36. The van der Waals surface area contributed by atoms with E-state index in [1.165, 1.54) is 0 Å². The molecule has 5 heteroatoms. The van der Waals surface area contributed by atoms with Crippen molar-refractivity contribution < 1.29 is 9.15 Å². The van der Waals surface area contributed by atoms with E-state index in [9.17, 15) is 0 Å². The van der Waals surface area contributed by atoms with Gasteiger partial charge < -0.3 is 19.4 Å². The third-order valence-corrected chi connectivity index (χ3v) is 2.36. The molecule has 0 aromatic carbocycles. The van der Waals surface area contributed by atoms with Crippen LogP contribution in [-0.2, 0) is 6.54 Å². The average Bonchev–Trinajstić information content (AvgIpc) is 2.72. The zero-order valence-corrected chi connectivity index (χ0v) is 11.9. The van der Waals surface area contributed by atoms with Gasteiger partial charge in [-0.15, -0.1) is 0 Å². The van der Waals surface area contributed by atoms with Crippen LogP contribution < -0.4 is 10.1 Å². The van der Waals surface area contributed by atoms with E-state index in [1.807, 2.05) is 14.1 Å². The number of oxazole rings is 1. The summed E-state index contributed by atoms with van der Waals surface area (Å²) in [4.78, 5) is 6.38. The number of nitrogens with zero attached hydrogens (tertiary/aromatic N) is 2. The zero-order valence-electron chi connectivity index (χ0n) is 11.9. The molecule has 0 bridgehead atoms. The van der Waals surface area contributed by atoms with Crippen LogP contribution in [0.2, 0.25) is 0 Å². The minimum Gasteiger partial charge on any atom is -0.450 e. The van der Waals surface area contributed by atoms with Crippen molar-refractivity contribution in [3.05, 3.63) is 12.0 Å². The standard InChI is InChI=1S/C13H25N3O2/c1-11(2)8-14-9-12-10-18-13(15-12)17-7-5-6-16(3)4/h10-11,14H,5-9H2,1-4H3. The van der Waals surface area contributed by atoms with E-state index in [1.54, 1.807) is 6.26 Å². The molecular formula is C13H25N3O2. The lowest BCUT2D eigenvalue weighted by atomic mass is 10.2. The minimum atomic E-state index is 0.370. The van der Waals surface area contributed by atoms with Crippen molar-refractivity contribution in [2.45, 2.75) is 26.8 Å². The van der Waals surface area contributed by atoms with Crippen molar-refractivity contribution >= 4 is 0 Å². The second-order valence-corrected chi connectivity index (χ2v) is 5.13. The molecule has 0 saturated heterocycles. The van der Waals surface area contributed by atoms with Gasteiger partial charge in [-0.1, -0.05) is 13.8 Å². The molecule has 0 saturated carbocycles. The Kier molecular flexibility index (Phi) is 6.75. The van der Waals surface area contributed by atoms with Crippen molar-refractivity contribution in [3.8, 4) is 6.08 Å². The van der Waals surface area contributed by atoms with Crippen LogP contribution in [0.3, 0.4) is 0 Å². The molecule has 0 aliphatic rings. The van der Waals surface area contributed by atoms with E-state index >= 15 is 0 Å². The van der Waals surface area contributed by atoms with Crippen molar-refractivity contribution in [1.29, 1.82) is 0 Å². The summed E-state index contributed by atoms with van der Waals surface area (Å²) in [5.41, 5.74) is 0.887. The van der Waals surface area contributed by atoms with Crippen LogP contribution in [0.4, 0.5) is 0 Å². The normalized spacial score (nSPS) is 11.4. The molecule has 0 aliphatic heterocycles. The van der Waals surface area contributed by atoms with E-state index in [-0.39, 0.29) is 0 Å². The van der Waals surface area contributed by atoms with E-state index in [4.69, 9.17) is 9.15 Å². The van der Waals surface area contributed by atoms with Crippen LogP contribution in [-0.4, -0.2) is 43.7 Å². The van der Waals surface area contributed by atoms with Crippen LogP contribution in [0, 0.1) is 5.92 Å². The molecule has 0 atom stereocenters. The van der Waals surface area contributed by atoms with Gasteiger partial charge in [-0.25, -0.2) is 0 Å². The van der Waals surface area contributed by atoms with Gasteiger partial charge in [-0.2, -0.15) is 4.98 Å². The maximum Gasteiger partial charge on any atom is 0.393 e. The fourth-order valence-electron chi connectivity index (χ4n) is 1.47. The first-order valence-corrected chi connectivity index (χ1v) is 6.50. The highest BCUT2D eigenvalue weighted by atomic mass is 16.6. The van der Waals surface area contributed by atoms with Crippen molar-refractivity contribution in [2.24, 2.45) is 5.92 Å². The Morgan fingerprint density at radius 1 is 1.44 bits per heavy atom. The van der Waals surface area contributed by atoms with Crippen LogP contribution >= 0.6 is 0 Å². The van der Waals surface area contributed by atoms with Crippen molar-refractivity contribution in [1.82, 2.24) is 15.2 Å². The van der Waals surface area contributed by atoms with Gasteiger partial charge in [0.25, 0.3) is 0 Å². The SMILES string of the molecule is CC(C)CNCc1coc(OCCCN(C)C)n1. The maximum absolute atomic E-state index is 5.43. The summed E-state index contributed by atoms with van der Waals surface area (Å²) in [5, 5.41) is 3.31. The number of hydrogen-bond donors (Lipinski definition) is 1. The molecule has 1 rings (SSSR count). The Hall–Kier alpha value is -1.07. The smallest absolute Gasteiger partial charge is 0.393 e. The maximum atomic E-state index is 5.43. The highest BCUT2D eigenvalue weighted by Gasteiger charge is 2.05. The van der Waals surface area contributed by atoms with Gasteiger partial charge in [0.15, 0.2) is 0 Å². The second kappa shape index (κ2) is 8.11. The molecule has 5 nitrogen and oxygen atoms in total. The number of nitrogens with one attached hydrogen (secondary N) is 1. The lowest BCUT2D eigenvalue weighted by molar-refractivity contribution is 0.215. The molecule has 18 heavy (non-hydrogen) atoms. The van der Waals surface area contributed by atoms with Crippen molar-refractivity contribution in [2.75, 3.05) is 33.8 Å². The molecule has 1 aromatic rings. The summed E-state index contributed by atoms with van der Waals surface area (Å²) in [6, 6.07) is 0. The minimum absolute atomic E-state index is 0.370. The molecule has 0 unspecified atom stereocenters. The highest BCUT2D eigenvalue weighted by molar-refractivity contribution is 4.99. The Balaban J connectivity index is 2.17. The first-order chi connectivity index (χ1) is 8.58. The molecule has 0 spiro atoms. The first kappa shape index (κ1) is 15.0. The topological polar surface area (TPSA) is 50.5 Å². The number of hydrogen-bond acceptors (Lipinski definition) is 5. The lowest BCUT2D eigenvalue weighted by Gasteiger charge is -2.08. The van der Waals surface area contributed by atoms with Crippen LogP contribution in [0.1, 0.15) is 26.0 Å². The monoisotopic (exact) mass is 255 g/mol. The largest absolute Gasteiger partial charge is 0.450 e. The predicted octanol–water partition coefficient (Wildman–Crippen LogP) is 1.75. The summed E-state index contributed by atoms with van der Waals surface area (Å²) in [5.74, 6) is 0.638. The number of aromatic nitrogens is 1. The highest BCUT2D eigenvalue weighted by Crippen LogP contribution is 2.10. The van der Waals surface area contributed by atoms with Gasteiger partial charge in [-0.3, -0.25) is 0 Å². The van der Waals surface area contributed by atoms with Crippen molar-refractivity contribution in [3.63, 3.8) is 0 Å². The molecule has 1 N–H and O–H groups in total. The fourth-order valence-corrected chi connectivity index (χ4v) is 1.47. The molecule has 1 aromatic heterocycles. The molecule has 0 radical (unpaired) electrons. The van der Waals surface area contributed by atoms with E-state index in [0.29, 0.717) is 18.6 Å². The Bertz CT molecular complexity index is 324. The van der Waals surface area contributed by atoms with Gasteiger partial charge >= 0.3 is 6.08 Å². The molecule has 0 amide bonds. The number of ether oxygens (including phenoxy) is 1. The summed E-state index contributed by atoms with van der Waals surface area (Å²) in [6.07, 6.45) is 2.99. The van der Waals surface area contributed by atoms with Crippen LogP contribution in [0.5, 0.6) is 6.08 Å². The first-order valence-electron chi connectivity index (χ1n) is 6.50. The van der Waals surface area contributed by atoms with Gasteiger partial charge in [0.05, 0.1) is 12.3 Å². The summed E-state index contributed by atoms with van der Waals surface area (Å²) < 4.78 is 10.7. The molecule has 0 fully saturated rings. The molecule has 1 heterocycles. The van der Waals surface area contributed by atoms with Gasteiger partial charge in [0, 0.05) is 13.1 Å². The molecule has 104 valence electrons. The number of rotatable bonds is 9. The third kappa shape index (κ3) is 6.61. The Morgan fingerprint density at radius 3 is 2.89 bits per heavy atom. The quantitative estimate of drug-likeness (QED) is 0.681. The van der Waals surface area contributed by atoms with Gasteiger partial charge in [-0.05, 0) is 33.0 Å². The van der Waals surface area contributed by atoms with Gasteiger partial charge in [0.1, 0.15) is 6.26 Å². The lowest BCUT2D eigenvalue weighted by Crippen LogP contribution is -2.19. The van der Waals surface area contributed by atoms with E-state index in [0.717, 1.165) is 31.7 Å². The van der Waals surface area contributed by atoms with E-state index < -0.39 is 0 Å². The Labute approximate surface area is 110 Å². The molecular weight excluding hydrogens is 230 g/mol. The predicted molar refractivity (Wildman–Crippen MR) is 71.7 cm³/mol. The zero-order chi connectivity index (χ0) is 13.4. The summed E-state index contributed by atoms with van der Waals surface area (Å²) in [7, 11) is 4.09.